The average Bonchev–Trinajstić information content (AvgIpc) is 2.36. The number of hydrogen-bond donors (Lipinski definition) is 0. The van der Waals surface area contributed by atoms with E-state index in [1.807, 2.05) is 30.3 Å². The van der Waals surface area contributed by atoms with Crippen LogP contribution in [0, 0.1) is 29.1 Å². The van der Waals surface area contributed by atoms with E-state index in [-0.39, 0.29) is 17.3 Å². The molecule has 0 unspecified atom stereocenters. The maximum atomic E-state index is 12.2. The number of carbonyl (C=O) groups excluding carboxylic acids is 1. The molecule has 2 rings (SSSR count). The summed E-state index contributed by atoms with van der Waals surface area (Å²) in [4.78, 5) is 12.2. The Morgan fingerprint density at radius 2 is 1.84 bits per heavy atom. The topological polar surface area (TPSA) is 17.1 Å². The van der Waals surface area contributed by atoms with Gasteiger partial charge in [0.25, 0.3) is 0 Å². The summed E-state index contributed by atoms with van der Waals surface area (Å²) in [6.07, 6.45) is 2.76. The standard InChI is InChI=1S/C18H22O/c1-18(2,3)17-15(10-7-11-16(17)19)13-12-14-8-5-4-6-9-14/h4-6,8-9,15,17H,7,10-11H2,1-3H3/t15-,17+/m0/s1. The lowest BCUT2D eigenvalue weighted by molar-refractivity contribution is -0.129. The number of ketones is 1. The van der Waals surface area contributed by atoms with Crippen LogP contribution in [0.3, 0.4) is 0 Å². The smallest absolute Gasteiger partial charge is 0.137 e. The SMILES string of the molecule is CC(C)(C)[C@H]1C(=O)CCC[C@H]1C#Cc1ccccc1. The minimum atomic E-state index is 0.00748. The Morgan fingerprint density at radius 1 is 1.16 bits per heavy atom. The lowest BCUT2D eigenvalue weighted by Crippen LogP contribution is -2.37. The van der Waals surface area contributed by atoms with Crippen molar-refractivity contribution in [2.45, 2.75) is 40.0 Å². The van der Waals surface area contributed by atoms with Crippen LogP contribution in [0.15, 0.2) is 30.3 Å². The van der Waals surface area contributed by atoms with Gasteiger partial charge in [0, 0.05) is 23.8 Å². The lowest BCUT2D eigenvalue weighted by atomic mass is 9.66. The summed E-state index contributed by atoms with van der Waals surface area (Å²) in [5, 5.41) is 0. The lowest BCUT2D eigenvalue weighted by Gasteiger charge is -2.36. The van der Waals surface area contributed by atoms with Crippen LogP contribution < -0.4 is 0 Å². The molecule has 0 amide bonds. The molecular formula is C18H22O. The van der Waals surface area contributed by atoms with E-state index in [1.165, 1.54) is 0 Å². The van der Waals surface area contributed by atoms with Crippen LogP contribution in [0.25, 0.3) is 0 Å². The minimum Gasteiger partial charge on any atom is -0.299 e. The molecule has 0 bridgehead atoms. The van der Waals surface area contributed by atoms with Crippen LogP contribution >= 0.6 is 0 Å². The first-order chi connectivity index (χ1) is 8.98. The van der Waals surface area contributed by atoms with E-state index >= 15 is 0 Å². The van der Waals surface area contributed by atoms with Crippen LogP contribution in [0.2, 0.25) is 0 Å². The first-order valence-corrected chi connectivity index (χ1v) is 7.08. The molecule has 1 saturated carbocycles. The molecule has 1 heteroatoms. The number of Topliss-reactive ketones (excluding diaryl/α,β-unsaturated/α-hetero) is 1. The van der Waals surface area contributed by atoms with Gasteiger partial charge in [0.15, 0.2) is 0 Å². The molecular weight excluding hydrogens is 232 g/mol. The zero-order valence-electron chi connectivity index (χ0n) is 12.1. The van der Waals surface area contributed by atoms with Gasteiger partial charge in [-0.3, -0.25) is 4.79 Å². The Hall–Kier alpha value is -1.55. The van der Waals surface area contributed by atoms with Crippen molar-refractivity contribution in [3.05, 3.63) is 35.9 Å². The second kappa shape index (κ2) is 5.61. The normalized spacial score (nSPS) is 23.6. The number of rotatable bonds is 0. The summed E-state index contributed by atoms with van der Waals surface area (Å²) in [6, 6.07) is 10.0. The first kappa shape index (κ1) is 13.9. The van der Waals surface area contributed by atoms with Gasteiger partial charge in [-0.25, -0.2) is 0 Å². The molecule has 1 aliphatic rings. The fourth-order valence-corrected chi connectivity index (χ4v) is 2.98. The van der Waals surface area contributed by atoms with Crippen LogP contribution in [-0.4, -0.2) is 5.78 Å². The van der Waals surface area contributed by atoms with Crippen molar-refractivity contribution in [3.8, 4) is 11.8 Å². The van der Waals surface area contributed by atoms with E-state index in [2.05, 4.69) is 32.6 Å². The predicted molar refractivity (Wildman–Crippen MR) is 78.6 cm³/mol. The van der Waals surface area contributed by atoms with E-state index in [1.54, 1.807) is 0 Å². The average molecular weight is 254 g/mol. The Kier molecular flexibility index (Phi) is 4.10. The largest absolute Gasteiger partial charge is 0.299 e. The molecule has 1 aromatic carbocycles. The maximum Gasteiger partial charge on any atom is 0.137 e. The van der Waals surface area contributed by atoms with Crippen LogP contribution in [0.4, 0.5) is 0 Å². The molecule has 0 N–H and O–H groups in total. The fraction of sp³-hybridized carbons (Fsp3) is 0.500. The highest BCUT2D eigenvalue weighted by molar-refractivity contribution is 5.83. The Balaban J connectivity index is 2.22. The Labute approximate surface area is 116 Å². The molecule has 2 atom stereocenters. The quantitative estimate of drug-likeness (QED) is 0.638. The van der Waals surface area contributed by atoms with E-state index in [9.17, 15) is 4.79 Å². The molecule has 0 aliphatic heterocycles. The summed E-state index contributed by atoms with van der Waals surface area (Å²) in [5.74, 6) is 7.27. The van der Waals surface area contributed by atoms with E-state index in [0.29, 0.717) is 5.78 Å². The number of benzene rings is 1. The van der Waals surface area contributed by atoms with Gasteiger partial charge in [0.2, 0.25) is 0 Å². The highest BCUT2D eigenvalue weighted by Gasteiger charge is 2.39. The van der Waals surface area contributed by atoms with Gasteiger partial charge in [-0.2, -0.15) is 0 Å². The Bertz CT molecular complexity index is 496. The molecule has 0 heterocycles. The minimum absolute atomic E-state index is 0.00748. The highest BCUT2D eigenvalue weighted by atomic mass is 16.1. The van der Waals surface area contributed by atoms with E-state index in [0.717, 1.165) is 24.8 Å². The third kappa shape index (κ3) is 3.47. The molecule has 19 heavy (non-hydrogen) atoms. The van der Waals surface area contributed by atoms with Gasteiger partial charge < -0.3 is 0 Å². The molecule has 1 aromatic rings. The molecule has 1 aliphatic carbocycles. The first-order valence-electron chi connectivity index (χ1n) is 7.08. The summed E-state index contributed by atoms with van der Waals surface area (Å²) in [6.45, 7) is 6.45. The summed E-state index contributed by atoms with van der Waals surface area (Å²) in [5.41, 5.74) is 1.04. The van der Waals surface area contributed by atoms with Crippen molar-refractivity contribution in [2.24, 2.45) is 17.3 Å². The number of hydrogen-bond acceptors (Lipinski definition) is 1. The molecule has 100 valence electrons. The molecule has 1 nitrogen and oxygen atoms in total. The summed E-state index contributed by atoms with van der Waals surface area (Å²) in [7, 11) is 0. The van der Waals surface area contributed by atoms with Gasteiger partial charge in [0.05, 0.1) is 0 Å². The van der Waals surface area contributed by atoms with Gasteiger partial charge >= 0.3 is 0 Å². The molecule has 0 spiro atoms. The zero-order valence-corrected chi connectivity index (χ0v) is 12.1. The van der Waals surface area contributed by atoms with Crippen molar-refractivity contribution in [2.75, 3.05) is 0 Å². The molecule has 0 saturated heterocycles. The van der Waals surface area contributed by atoms with E-state index < -0.39 is 0 Å². The van der Waals surface area contributed by atoms with Crippen molar-refractivity contribution in [1.82, 2.24) is 0 Å². The second-order valence-electron chi connectivity index (χ2n) is 6.44. The second-order valence-corrected chi connectivity index (χ2v) is 6.44. The van der Waals surface area contributed by atoms with Crippen molar-refractivity contribution in [3.63, 3.8) is 0 Å². The molecule has 1 fully saturated rings. The van der Waals surface area contributed by atoms with Gasteiger partial charge in [0.1, 0.15) is 5.78 Å². The molecule has 0 radical (unpaired) electrons. The van der Waals surface area contributed by atoms with Gasteiger partial charge in [-0.05, 0) is 30.4 Å². The van der Waals surface area contributed by atoms with Crippen molar-refractivity contribution in [1.29, 1.82) is 0 Å². The highest BCUT2D eigenvalue weighted by Crippen LogP contribution is 2.39. The van der Waals surface area contributed by atoms with Crippen molar-refractivity contribution < 1.29 is 4.79 Å². The van der Waals surface area contributed by atoms with E-state index in [4.69, 9.17) is 0 Å². The Morgan fingerprint density at radius 3 is 2.47 bits per heavy atom. The third-order valence-electron chi connectivity index (χ3n) is 3.80. The zero-order chi connectivity index (χ0) is 13.9. The van der Waals surface area contributed by atoms with Crippen LogP contribution in [-0.2, 0) is 4.79 Å². The predicted octanol–water partition coefficient (Wildman–Crippen LogP) is 4.07. The number of carbonyl (C=O) groups is 1. The van der Waals surface area contributed by atoms with Crippen LogP contribution in [0.5, 0.6) is 0 Å². The van der Waals surface area contributed by atoms with Crippen molar-refractivity contribution >= 4 is 5.78 Å². The summed E-state index contributed by atoms with van der Waals surface area (Å²) < 4.78 is 0. The van der Waals surface area contributed by atoms with Gasteiger partial charge in [-0.1, -0.05) is 50.8 Å². The molecule has 0 aromatic heterocycles. The third-order valence-corrected chi connectivity index (χ3v) is 3.80. The fourth-order valence-electron chi connectivity index (χ4n) is 2.98. The maximum absolute atomic E-state index is 12.2. The van der Waals surface area contributed by atoms with Crippen LogP contribution in [0.1, 0.15) is 45.6 Å². The summed E-state index contributed by atoms with van der Waals surface area (Å²) >= 11 is 0. The monoisotopic (exact) mass is 254 g/mol. The van der Waals surface area contributed by atoms with Gasteiger partial charge in [-0.15, -0.1) is 0 Å².